The van der Waals surface area contributed by atoms with Crippen molar-refractivity contribution in [2.75, 3.05) is 46.2 Å². The first-order valence-electron chi connectivity index (χ1n) is 9.54. The van der Waals surface area contributed by atoms with Crippen LogP contribution < -0.4 is 18.9 Å². The molecular weight excluding hydrogens is 418 g/mol. The van der Waals surface area contributed by atoms with Gasteiger partial charge in [-0.15, -0.1) is 0 Å². The zero-order valence-electron chi connectivity index (χ0n) is 16.6. The van der Waals surface area contributed by atoms with Crippen LogP contribution in [0.1, 0.15) is 0 Å². The van der Waals surface area contributed by atoms with Crippen LogP contribution in [0.3, 0.4) is 0 Å². The maximum Gasteiger partial charge on any atom is 0.329 e. The Morgan fingerprint density at radius 1 is 0.871 bits per heavy atom. The average Bonchev–Trinajstić information content (AvgIpc) is 2.74. The fourth-order valence-corrected chi connectivity index (χ4v) is 2.69. The largest absolute Gasteiger partial charge is 0.487 e. The van der Waals surface area contributed by atoms with E-state index in [4.69, 9.17) is 33.5 Å². The minimum atomic E-state index is -1.21. The van der Waals surface area contributed by atoms with Crippen molar-refractivity contribution in [2.24, 2.45) is 0 Å². The highest BCUT2D eigenvalue weighted by Crippen LogP contribution is 2.32. The molecule has 0 spiro atoms. The Kier molecular flexibility index (Phi) is 8.25. The first kappa shape index (κ1) is 22.6. The van der Waals surface area contributed by atoms with Crippen molar-refractivity contribution < 1.29 is 47.1 Å². The molecule has 1 aliphatic rings. The van der Waals surface area contributed by atoms with Crippen molar-refractivity contribution in [3.63, 3.8) is 0 Å². The molecule has 1 heterocycles. The molecule has 3 rings (SSSR count). The lowest BCUT2D eigenvalue weighted by molar-refractivity contribution is -0.145. The monoisotopic (exact) mass is 440 g/mol. The SMILES string of the molecule is O=C(O)COC1COc2c(F)cccc2OCCOCCOc2cccc(F)c2OC1. The number of para-hydroxylation sites is 2. The summed E-state index contributed by atoms with van der Waals surface area (Å²) in [7, 11) is 0. The molecule has 0 atom stereocenters. The average molecular weight is 440 g/mol. The highest BCUT2D eigenvalue weighted by atomic mass is 19.1. The van der Waals surface area contributed by atoms with E-state index in [-0.39, 0.29) is 62.6 Å². The Morgan fingerprint density at radius 2 is 1.39 bits per heavy atom. The minimum absolute atomic E-state index is 0.132. The van der Waals surface area contributed by atoms with Gasteiger partial charge in [0.05, 0.1) is 13.2 Å². The second kappa shape index (κ2) is 11.3. The lowest BCUT2D eigenvalue weighted by Gasteiger charge is -2.21. The van der Waals surface area contributed by atoms with Crippen LogP contribution in [0.25, 0.3) is 0 Å². The lowest BCUT2D eigenvalue weighted by atomic mass is 10.3. The van der Waals surface area contributed by atoms with Crippen LogP contribution in [0.2, 0.25) is 0 Å². The van der Waals surface area contributed by atoms with Crippen molar-refractivity contribution in [1.82, 2.24) is 0 Å². The highest BCUT2D eigenvalue weighted by molar-refractivity contribution is 5.68. The van der Waals surface area contributed by atoms with Gasteiger partial charge in [0.15, 0.2) is 34.6 Å². The van der Waals surface area contributed by atoms with E-state index < -0.39 is 30.3 Å². The first-order chi connectivity index (χ1) is 15.0. The van der Waals surface area contributed by atoms with Gasteiger partial charge in [-0.3, -0.25) is 0 Å². The van der Waals surface area contributed by atoms with Crippen LogP contribution in [0.4, 0.5) is 8.78 Å². The van der Waals surface area contributed by atoms with E-state index in [1.807, 2.05) is 0 Å². The van der Waals surface area contributed by atoms with Crippen LogP contribution in [-0.2, 0) is 14.3 Å². The van der Waals surface area contributed by atoms with Crippen LogP contribution in [-0.4, -0.2) is 63.4 Å². The summed E-state index contributed by atoms with van der Waals surface area (Å²) in [5.41, 5.74) is 0. The number of hydrogen-bond acceptors (Lipinski definition) is 7. The summed E-state index contributed by atoms with van der Waals surface area (Å²) in [4.78, 5) is 10.9. The Bertz CT molecular complexity index is 815. The zero-order valence-corrected chi connectivity index (χ0v) is 16.6. The van der Waals surface area contributed by atoms with Crippen LogP contribution >= 0.6 is 0 Å². The molecule has 0 fully saturated rings. The second-order valence-corrected chi connectivity index (χ2v) is 6.39. The minimum Gasteiger partial charge on any atom is -0.487 e. The summed E-state index contributed by atoms with van der Waals surface area (Å²) >= 11 is 0. The van der Waals surface area contributed by atoms with E-state index in [9.17, 15) is 13.6 Å². The number of benzene rings is 2. The molecule has 0 unspecified atom stereocenters. The smallest absolute Gasteiger partial charge is 0.329 e. The lowest BCUT2D eigenvalue weighted by Crippen LogP contribution is -2.31. The Morgan fingerprint density at radius 3 is 1.87 bits per heavy atom. The fourth-order valence-electron chi connectivity index (χ4n) is 2.69. The van der Waals surface area contributed by atoms with E-state index in [1.165, 1.54) is 36.4 Å². The molecule has 2 aromatic rings. The molecule has 1 N–H and O–H groups in total. The summed E-state index contributed by atoms with van der Waals surface area (Å²) in [6.45, 7) is -0.514. The predicted molar refractivity (Wildman–Crippen MR) is 103 cm³/mol. The Hall–Kier alpha value is -3.11. The maximum atomic E-state index is 14.3. The van der Waals surface area contributed by atoms with Gasteiger partial charge in [0, 0.05) is 0 Å². The Balaban J connectivity index is 1.81. The van der Waals surface area contributed by atoms with Gasteiger partial charge in [0.1, 0.15) is 39.1 Å². The Labute approximate surface area is 177 Å². The summed E-state index contributed by atoms with van der Waals surface area (Å²) in [5.74, 6) is -2.55. The summed E-state index contributed by atoms with van der Waals surface area (Å²) in [6.07, 6.45) is -0.952. The van der Waals surface area contributed by atoms with Gasteiger partial charge in [-0.05, 0) is 24.3 Å². The van der Waals surface area contributed by atoms with Crippen molar-refractivity contribution in [3.8, 4) is 23.0 Å². The molecule has 2 aromatic carbocycles. The van der Waals surface area contributed by atoms with Gasteiger partial charge in [-0.2, -0.15) is 0 Å². The number of rotatable bonds is 3. The second-order valence-electron chi connectivity index (χ2n) is 6.39. The summed E-state index contributed by atoms with van der Waals surface area (Å²) in [5, 5.41) is 8.90. The van der Waals surface area contributed by atoms with E-state index in [0.29, 0.717) is 0 Å². The van der Waals surface area contributed by atoms with E-state index in [0.717, 1.165) is 0 Å². The third-order valence-corrected chi connectivity index (χ3v) is 4.10. The molecule has 168 valence electrons. The molecule has 0 aliphatic carbocycles. The van der Waals surface area contributed by atoms with Crippen molar-refractivity contribution >= 4 is 5.97 Å². The number of hydrogen-bond donors (Lipinski definition) is 1. The molecular formula is C21H22F2O8. The van der Waals surface area contributed by atoms with Crippen molar-refractivity contribution in [2.45, 2.75) is 6.10 Å². The van der Waals surface area contributed by atoms with Gasteiger partial charge in [-0.25, -0.2) is 13.6 Å². The molecule has 0 aromatic heterocycles. The third kappa shape index (κ3) is 6.69. The number of ether oxygens (including phenoxy) is 6. The number of aliphatic carboxylic acids is 1. The molecule has 0 bridgehead atoms. The third-order valence-electron chi connectivity index (χ3n) is 4.10. The van der Waals surface area contributed by atoms with E-state index in [1.54, 1.807) is 0 Å². The van der Waals surface area contributed by atoms with Gasteiger partial charge in [-0.1, -0.05) is 12.1 Å². The molecule has 8 nitrogen and oxygen atoms in total. The van der Waals surface area contributed by atoms with Crippen molar-refractivity contribution in [3.05, 3.63) is 48.0 Å². The standard InChI is InChI=1S/C21H22F2O8/c22-15-3-1-5-17-20(15)30-11-14(29-13-19(24)25)12-31-21-16(23)4-2-6-18(21)28-10-8-26-7-9-27-17/h1-6,14H,7-13H2,(H,24,25). The number of fused-ring (bicyclic) bond motifs is 2. The molecule has 31 heavy (non-hydrogen) atoms. The number of halogens is 2. The fraction of sp³-hybridized carbons (Fsp3) is 0.381. The first-order valence-corrected chi connectivity index (χ1v) is 9.54. The summed E-state index contributed by atoms with van der Waals surface area (Å²) in [6, 6.07) is 8.38. The van der Waals surface area contributed by atoms with Crippen LogP contribution in [0.15, 0.2) is 36.4 Å². The molecule has 0 saturated heterocycles. The zero-order chi connectivity index (χ0) is 22.1. The van der Waals surface area contributed by atoms with E-state index in [2.05, 4.69) is 0 Å². The quantitative estimate of drug-likeness (QED) is 0.779. The van der Waals surface area contributed by atoms with Gasteiger partial charge in [0.25, 0.3) is 0 Å². The number of carboxylic acid groups (broad SMARTS) is 1. The van der Waals surface area contributed by atoms with Crippen LogP contribution in [0, 0.1) is 11.6 Å². The van der Waals surface area contributed by atoms with E-state index >= 15 is 0 Å². The van der Waals surface area contributed by atoms with Crippen molar-refractivity contribution in [1.29, 1.82) is 0 Å². The van der Waals surface area contributed by atoms with Gasteiger partial charge < -0.3 is 33.5 Å². The number of carbonyl (C=O) groups is 1. The maximum absolute atomic E-state index is 14.3. The van der Waals surface area contributed by atoms with Gasteiger partial charge >= 0.3 is 5.97 Å². The molecule has 1 aliphatic heterocycles. The predicted octanol–water partition coefficient (Wildman–Crippen LogP) is 2.68. The molecule has 10 heteroatoms. The van der Waals surface area contributed by atoms with Crippen LogP contribution in [0.5, 0.6) is 23.0 Å². The number of carboxylic acids is 1. The molecule has 0 radical (unpaired) electrons. The summed E-state index contributed by atoms with van der Waals surface area (Å²) < 4.78 is 61.3. The molecule has 0 saturated carbocycles. The topological polar surface area (TPSA) is 92.7 Å². The highest BCUT2D eigenvalue weighted by Gasteiger charge is 2.20. The van der Waals surface area contributed by atoms with Gasteiger partial charge in [0.2, 0.25) is 0 Å². The molecule has 0 amide bonds. The normalized spacial score (nSPS) is 15.9.